The molecule has 0 saturated heterocycles. The molecule has 0 saturated carbocycles. The molecule has 62 valence electrons. The van der Waals surface area contributed by atoms with E-state index in [2.05, 4.69) is 5.32 Å². The zero-order valence-corrected chi connectivity index (χ0v) is 6.81. The molecule has 1 amide bonds. The molecule has 0 fully saturated rings. The number of hydrogen-bond donors (Lipinski definition) is 1. The van der Waals surface area contributed by atoms with Crippen LogP contribution in [0.1, 0.15) is 0 Å². The van der Waals surface area contributed by atoms with Crippen molar-refractivity contribution in [2.45, 2.75) is 0 Å². The third-order valence-corrected chi connectivity index (χ3v) is 1.54. The van der Waals surface area contributed by atoms with E-state index in [1.165, 1.54) is 0 Å². The van der Waals surface area contributed by atoms with Crippen molar-refractivity contribution in [2.24, 2.45) is 0 Å². The highest BCUT2D eigenvalue weighted by atomic mass is 32.2. The number of nitrogens with one attached hydrogen (secondary N) is 1. The molecule has 0 aromatic heterocycles. The topological polar surface area (TPSA) is 87.0 Å². The Balaban J connectivity index is 3.83. The minimum absolute atomic E-state index is 0.158. The summed E-state index contributed by atoms with van der Waals surface area (Å²) in [4.78, 5) is 10.6. The lowest BCUT2D eigenvalue weighted by Gasteiger charge is -1.96. The van der Waals surface area contributed by atoms with E-state index >= 15 is 0 Å². The van der Waals surface area contributed by atoms with Crippen molar-refractivity contribution < 1.29 is 13.2 Å². The van der Waals surface area contributed by atoms with Crippen molar-refractivity contribution in [2.75, 3.05) is 18.6 Å². The summed E-state index contributed by atoms with van der Waals surface area (Å²) in [6.07, 6.45) is 0.957. The van der Waals surface area contributed by atoms with Crippen LogP contribution in [0.4, 0.5) is 0 Å². The Morgan fingerprint density at radius 1 is 1.64 bits per heavy atom. The predicted octanol–water partition coefficient (Wildman–Crippen LogP) is -1.33. The number of rotatable bonds is 3. The van der Waals surface area contributed by atoms with Gasteiger partial charge in [-0.1, -0.05) is 0 Å². The molecule has 0 unspecified atom stereocenters. The van der Waals surface area contributed by atoms with Crippen LogP contribution in [-0.2, 0) is 14.6 Å². The van der Waals surface area contributed by atoms with Gasteiger partial charge in [0.25, 0.3) is 0 Å². The lowest BCUT2D eigenvalue weighted by atomic mass is 10.6. The van der Waals surface area contributed by atoms with Crippen LogP contribution in [0.3, 0.4) is 0 Å². The van der Waals surface area contributed by atoms with E-state index in [1.54, 1.807) is 6.07 Å². The highest BCUT2D eigenvalue weighted by Gasteiger charge is 2.08. The zero-order chi connectivity index (χ0) is 8.91. The van der Waals surface area contributed by atoms with Crippen LogP contribution in [0, 0.1) is 11.3 Å². The molecule has 1 N–H and O–H groups in total. The van der Waals surface area contributed by atoms with E-state index in [0.717, 1.165) is 6.26 Å². The number of sulfone groups is 1. The van der Waals surface area contributed by atoms with Crippen LogP contribution >= 0.6 is 0 Å². The van der Waals surface area contributed by atoms with Gasteiger partial charge in [0, 0.05) is 6.26 Å². The van der Waals surface area contributed by atoms with Gasteiger partial charge in [-0.3, -0.25) is 4.79 Å². The molecule has 5 nitrogen and oxygen atoms in total. The summed E-state index contributed by atoms with van der Waals surface area (Å²) < 4.78 is 20.9. The van der Waals surface area contributed by atoms with Crippen molar-refractivity contribution >= 4 is 15.7 Å². The molecule has 0 aliphatic heterocycles. The average Bonchev–Trinajstić information content (AvgIpc) is 1.79. The molecular formula is C5H8N2O3S. The SMILES string of the molecule is CS(=O)(=O)CC(=O)NCC#N. The van der Waals surface area contributed by atoms with Crippen molar-refractivity contribution in [1.29, 1.82) is 5.26 Å². The van der Waals surface area contributed by atoms with Gasteiger partial charge < -0.3 is 5.32 Å². The first-order chi connectivity index (χ1) is 4.95. The summed E-state index contributed by atoms with van der Waals surface area (Å²) in [6.45, 7) is -0.158. The van der Waals surface area contributed by atoms with E-state index in [1.807, 2.05) is 0 Å². The van der Waals surface area contributed by atoms with Crippen LogP contribution in [0.5, 0.6) is 0 Å². The minimum Gasteiger partial charge on any atom is -0.342 e. The van der Waals surface area contributed by atoms with Crippen LogP contribution < -0.4 is 5.32 Å². The second kappa shape index (κ2) is 3.93. The van der Waals surface area contributed by atoms with Gasteiger partial charge in [-0.2, -0.15) is 5.26 Å². The highest BCUT2D eigenvalue weighted by Crippen LogP contribution is 1.80. The van der Waals surface area contributed by atoms with Gasteiger partial charge in [-0.05, 0) is 0 Å². The maximum atomic E-state index is 10.6. The maximum absolute atomic E-state index is 10.6. The first-order valence-electron chi connectivity index (χ1n) is 2.77. The lowest BCUT2D eigenvalue weighted by molar-refractivity contribution is -0.118. The van der Waals surface area contributed by atoms with Crippen molar-refractivity contribution in [3.05, 3.63) is 0 Å². The van der Waals surface area contributed by atoms with Gasteiger partial charge in [-0.25, -0.2) is 8.42 Å². The standard InChI is InChI=1S/C5H8N2O3S/c1-11(9,10)4-5(8)7-3-2-6/h3-4H2,1H3,(H,7,8). The van der Waals surface area contributed by atoms with Gasteiger partial charge in [0.2, 0.25) is 5.91 Å². The summed E-state index contributed by atoms with van der Waals surface area (Å²) in [5.74, 6) is -1.21. The fourth-order valence-corrected chi connectivity index (χ4v) is 1.01. The summed E-state index contributed by atoms with van der Waals surface area (Å²) >= 11 is 0. The average molecular weight is 176 g/mol. The Kier molecular flexibility index (Phi) is 3.54. The van der Waals surface area contributed by atoms with E-state index in [9.17, 15) is 13.2 Å². The Hall–Kier alpha value is -1.09. The number of carbonyl (C=O) groups excluding carboxylic acids is 1. The van der Waals surface area contributed by atoms with E-state index in [-0.39, 0.29) is 6.54 Å². The molecule has 0 aromatic carbocycles. The zero-order valence-electron chi connectivity index (χ0n) is 5.99. The lowest BCUT2D eigenvalue weighted by Crippen LogP contribution is -2.29. The molecule has 6 heteroatoms. The molecule has 0 aliphatic carbocycles. The number of nitrogens with zero attached hydrogens (tertiary/aromatic N) is 1. The predicted molar refractivity (Wildman–Crippen MR) is 38.3 cm³/mol. The number of hydrogen-bond acceptors (Lipinski definition) is 4. The normalized spacial score (nSPS) is 10.2. The fourth-order valence-electron chi connectivity index (χ4n) is 0.427. The quantitative estimate of drug-likeness (QED) is 0.540. The number of nitriles is 1. The fraction of sp³-hybridized carbons (Fsp3) is 0.600. The molecule has 0 radical (unpaired) electrons. The van der Waals surface area contributed by atoms with Crippen LogP contribution in [0.15, 0.2) is 0 Å². The van der Waals surface area contributed by atoms with E-state index in [0.29, 0.717) is 0 Å². The third-order valence-electron chi connectivity index (χ3n) is 0.758. The summed E-state index contributed by atoms with van der Waals surface area (Å²) in [5, 5.41) is 10.1. The second-order valence-electron chi connectivity index (χ2n) is 2.00. The van der Waals surface area contributed by atoms with E-state index < -0.39 is 21.5 Å². The van der Waals surface area contributed by atoms with Gasteiger partial charge in [0.05, 0.1) is 6.07 Å². The molecule has 0 aromatic rings. The third kappa shape index (κ3) is 6.80. The van der Waals surface area contributed by atoms with Gasteiger partial charge in [0.15, 0.2) is 9.84 Å². The van der Waals surface area contributed by atoms with Crippen LogP contribution in [-0.4, -0.2) is 32.9 Å². The van der Waals surface area contributed by atoms with Crippen LogP contribution in [0.2, 0.25) is 0 Å². The Morgan fingerprint density at radius 2 is 2.18 bits per heavy atom. The number of amides is 1. The summed E-state index contributed by atoms with van der Waals surface area (Å²) in [7, 11) is -3.28. The molecule has 0 aliphatic rings. The molecular weight excluding hydrogens is 168 g/mol. The van der Waals surface area contributed by atoms with Crippen molar-refractivity contribution in [3.63, 3.8) is 0 Å². The monoisotopic (exact) mass is 176 g/mol. The highest BCUT2D eigenvalue weighted by molar-refractivity contribution is 7.91. The maximum Gasteiger partial charge on any atom is 0.236 e. The molecule has 0 spiro atoms. The molecule has 11 heavy (non-hydrogen) atoms. The Bertz CT molecular complexity index is 275. The number of carbonyl (C=O) groups is 1. The molecule has 0 atom stereocenters. The van der Waals surface area contributed by atoms with Crippen molar-refractivity contribution in [3.8, 4) is 6.07 Å². The molecule has 0 bridgehead atoms. The minimum atomic E-state index is -3.28. The van der Waals surface area contributed by atoms with E-state index in [4.69, 9.17) is 5.26 Å². The molecule has 0 rings (SSSR count). The largest absolute Gasteiger partial charge is 0.342 e. The second-order valence-corrected chi connectivity index (χ2v) is 4.15. The first-order valence-corrected chi connectivity index (χ1v) is 4.83. The summed E-state index contributed by atoms with van der Waals surface area (Å²) in [6, 6.07) is 1.66. The molecule has 0 heterocycles. The van der Waals surface area contributed by atoms with Crippen LogP contribution in [0.25, 0.3) is 0 Å². The Labute approximate surface area is 64.9 Å². The van der Waals surface area contributed by atoms with Crippen molar-refractivity contribution in [1.82, 2.24) is 5.32 Å². The van der Waals surface area contributed by atoms with Gasteiger partial charge in [0.1, 0.15) is 12.3 Å². The summed E-state index contributed by atoms with van der Waals surface area (Å²) in [5.41, 5.74) is 0. The van der Waals surface area contributed by atoms with Gasteiger partial charge in [-0.15, -0.1) is 0 Å². The Morgan fingerprint density at radius 3 is 2.55 bits per heavy atom. The smallest absolute Gasteiger partial charge is 0.236 e. The van der Waals surface area contributed by atoms with Gasteiger partial charge >= 0.3 is 0 Å². The first kappa shape index (κ1) is 9.91.